The summed E-state index contributed by atoms with van der Waals surface area (Å²) in [4.78, 5) is 16.0. The average molecular weight is 488 g/mol. The van der Waals surface area contributed by atoms with E-state index in [1.807, 2.05) is 19.9 Å². The van der Waals surface area contributed by atoms with Gasteiger partial charge in [0.25, 0.3) is 0 Å². The van der Waals surface area contributed by atoms with Gasteiger partial charge in [-0.1, -0.05) is 26.0 Å². The van der Waals surface area contributed by atoms with Crippen LogP contribution >= 0.6 is 0 Å². The minimum atomic E-state index is -0.892. The molecule has 3 atom stereocenters. The van der Waals surface area contributed by atoms with E-state index in [4.69, 9.17) is 4.74 Å². The molecule has 0 saturated heterocycles. The highest BCUT2D eigenvalue weighted by Crippen LogP contribution is 2.48. The number of nitrogens with zero attached hydrogens (tertiary/aromatic N) is 1. The molecule has 2 aromatic rings. The van der Waals surface area contributed by atoms with Gasteiger partial charge < -0.3 is 20.5 Å². The zero-order chi connectivity index (χ0) is 25.2. The van der Waals surface area contributed by atoms with E-state index >= 15 is 0 Å². The maximum Gasteiger partial charge on any atom is 0.221 e. The van der Waals surface area contributed by atoms with Gasteiger partial charge in [-0.3, -0.25) is 4.79 Å². The van der Waals surface area contributed by atoms with Crippen molar-refractivity contribution in [2.75, 3.05) is 6.54 Å². The minimum absolute atomic E-state index is 0.156. The Bertz CT molecular complexity index is 1040. The predicted molar refractivity (Wildman–Crippen MR) is 129 cm³/mol. The monoisotopic (exact) mass is 487 g/mol. The Morgan fingerprint density at radius 1 is 1.23 bits per heavy atom. The summed E-state index contributed by atoms with van der Waals surface area (Å²) < 4.78 is 34.2. The Labute approximate surface area is 205 Å². The number of fused-ring (bicyclic) bond motifs is 1. The number of hydrogen-bond donors (Lipinski definition) is 3. The molecule has 1 spiro atoms. The Balaban J connectivity index is 1.51. The Hall–Kier alpha value is -2.58. The van der Waals surface area contributed by atoms with Crippen molar-refractivity contribution in [2.24, 2.45) is 5.92 Å². The van der Waals surface area contributed by atoms with Crippen molar-refractivity contribution in [1.82, 2.24) is 15.6 Å². The van der Waals surface area contributed by atoms with Crippen LogP contribution in [0, 0.1) is 17.7 Å². The van der Waals surface area contributed by atoms with E-state index in [1.54, 1.807) is 12.1 Å². The summed E-state index contributed by atoms with van der Waals surface area (Å²) in [7, 11) is 0. The molecule has 4 rings (SSSR count). The first kappa shape index (κ1) is 25.5. The molecule has 2 aliphatic rings. The number of pyridine rings is 1. The van der Waals surface area contributed by atoms with E-state index in [-0.39, 0.29) is 35.8 Å². The molecule has 1 saturated carbocycles. The average Bonchev–Trinajstić information content (AvgIpc) is 2.77. The lowest BCUT2D eigenvalue weighted by molar-refractivity contribution is -0.120. The van der Waals surface area contributed by atoms with Crippen LogP contribution in [-0.4, -0.2) is 40.3 Å². The quantitative estimate of drug-likeness (QED) is 0.466. The molecule has 1 aromatic heterocycles. The summed E-state index contributed by atoms with van der Waals surface area (Å²) in [6.07, 6.45) is 3.60. The van der Waals surface area contributed by atoms with Crippen LogP contribution in [0.5, 0.6) is 5.88 Å². The van der Waals surface area contributed by atoms with Crippen LogP contribution in [0.4, 0.5) is 8.78 Å². The molecule has 1 aliphatic heterocycles. The number of aliphatic hydroxyl groups is 1. The number of aromatic nitrogens is 1. The fourth-order valence-corrected chi connectivity index (χ4v) is 5.06. The van der Waals surface area contributed by atoms with Gasteiger partial charge in [0.1, 0.15) is 11.4 Å². The standard InChI is InChI=1S/C27H35F2N3O3/c1-16(2)11-19-13-21-23(14-27(9-4-10-27)35-26(21)32-25(19)29)30-15-24(34)22(31-17(3)33)12-18-5-7-20(28)8-6-18/h5-8,13,16,22-24,30,34H,4,9-12,14-15H2,1-3H3,(H,31,33)/t22-,23-,24-/m0/s1. The Morgan fingerprint density at radius 2 is 1.94 bits per heavy atom. The number of benzene rings is 1. The largest absolute Gasteiger partial charge is 0.471 e. The van der Waals surface area contributed by atoms with Gasteiger partial charge in [0.05, 0.1) is 12.1 Å². The molecule has 0 unspecified atom stereocenters. The van der Waals surface area contributed by atoms with Crippen molar-refractivity contribution in [3.05, 3.63) is 58.8 Å². The summed E-state index contributed by atoms with van der Waals surface area (Å²) >= 11 is 0. The van der Waals surface area contributed by atoms with Crippen molar-refractivity contribution in [3.63, 3.8) is 0 Å². The molecule has 1 amide bonds. The fraction of sp³-hybridized carbons (Fsp3) is 0.556. The lowest BCUT2D eigenvalue weighted by atomic mass is 9.73. The van der Waals surface area contributed by atoms with Gasteiger partial charge in [-0.2, -0.15) is 9.37 Å². The molecule has 6 nitrogen and oxygen atoms in total. The molecular weight excluding hydrogens is 452 g/mol. The highest BCUT2D eigenvalue weighted by molar-refractivity contribution is 5.73. The van der Waals surface area contributed by atoms with Gasteiger partial charge in [-0.15, -0.1) is 0 Å². The number of rotatable bonds is 9. The number of carbonyl (C=O) groups excluding carboxylic acids is 1. The van der Waals surface area contributed by atoms with E-state index in [9.17, 15) is 18.7 Å². The van der Waals surface area contributed by atoms with Crippen molar-refractivity contribution < 1.29 is 23.4 Å². The lowest BCUT2D eigenvalue weighted by Gasteiger charge is -2.47. The topological polar surface area (TPSA) is 83.5 Å². The number of amides is 1. The van der Waals surface area contributed by atoms with E-state index in [2.05, 4.69) is 15.6 Å². The number of ether oxygens (including phenoxy) is 1. The van der Waals surface area contributed by atoms with Crippen LogP contribution < -0.4 is 15.4 Å². The van der Waals surface area contributed by atoms with E-state index in [0.717, 1.165) is 30.4 Å². The van der Waals surface area contributed by atoms with Crippen LogP contribution in [0.25, 0.3) is 0 Å². The van der Waals surface area contributed by atoms with Gasteiger partial charge in [-0.25, -0.2) is 4.39 Å². The first-order chi connectivity index (χ1) is 16.6. The van der Waals surface area contributed by atoms with Crippen LogP contribution in [0.1, 0.15) is 69.2 Å². The molecule has 0 bridgehead atoms. The number of halogens is 2. The highest BCUT2D eigenvalue weighted by Gasteiger charge is 2.46. The highest BCUT2D eigenvalue weighted by atomic mass is 19.1. The Morgan fingerprint density at radius 3 is 2.54 bits per heavy atom. The van der Waals surface area contributed by atoms with Crippen molar-refractivity contribution >= 4 is 5.91 Å². The second kappa shape index (κ2) is 10.6. The molecule has 1 aromatic carbocycles. The minimum Gasteiger partial charge on any atom is -0.471 e. The van der Waals surface area contributed by atoms with Gasteiger partial charge in [0.15, 0.2) is 0 Å². The third kappa shape index (κ3) is 6.16. The molecule has 1 fully saturated rings. The van der Waals surface area contributed by atoms with Crippen molar-refractivity contribution in [3.8, 4) is 5.88 Å². The molecule has 8 heteroatoms. The van der Waals surface area contributed by atoms with Gasteiger partial charge in [-0.05, 0) is 61.8 Å². The molecule has 190 valence electrons. The summed E-state index contributed by atoms with van der Waals surface area (Å²) in [6, 6.07) is 7.16. The molecule has 0 radical (unpaired) electrons. The number of carbonyl (C=O) groups is 1. The molecule has 2 heterocycles. The zero-order valence-corrected chi connectivity index (χ0v) is 20.6. The lowest BCUT2D eigenvalue weighted by Crippen LogP contribution is -2.52. The van der Waals surface area contributed by atoms with Crippen molar-refractivity contribution in [2.45, 2.75) is 83.1 Å². The zero-order valence-electron chi connectivity index (χ0n) is 20.6. The molecular formula is C27H35F2N3O3. The van der Waals surface area contributed by atoms with E-state index in [0.29, 0.717) is 30.7 Å². The first-order valence-electron chi connectivity index (χ1n) is 12.5. The second-order valence-electron chi connectivity index (χ2n) is 10.4. The van der Waals surface area contributed by atoms with Crippen LogP contribution in [0.3, 0.4) is 0 Å². The van der Waals surface area contributed by atoms with Crippen LogP contribution in [0.15, 0.2) is 30.3 Å². The summed E-state index contributed by atoms with van der Waals surface area (Å²) in [5.41, 5.74) is 1.83. The SMILES string of the molecule is CC(=O)N[C@@H](Cc1ccc(F)cc1)[C@@H](O)CN[C@H]1CC2(CCC2)Oc2nc(F)c(CC(C)C)cc21. The van der Waals surface area contributed by atoms with Crippen LogP contribution in [0.2, 0.25) is 0 Å². The number of hydrogen-bond acceptors (Lipinski definition) is 5. The third-order valence-electron chi connectivity index (χ3n) is 6.99. The van der Waals surface area contributed by atoms with Gasteiger partial charge >= 0.3 is 0 Å². The third-order valence-corrected chi connectivity index (χ3v) is 6.99. The van der Waals surface area contributed by atoms with E-state index < -0.39 is 18.1 Å². The Kier molecular flexibility index (Phi) is 7.71. The fourth-order valence-electron chi connectivity index (χ4n) is 5.06. The van der Waals surface area contributed by atoms with Crippen molar-refractivity contribution in [1.29, 1.82) is 0 Å². The molecule has 1 aliphatic carbocycles. The predicted octanol–water partition coefficient (Wildman–Crippen LogP) is 4.00. The molecule has 3 N–H and O–H groups in total. The van der Waals surface area contributed by atoms with Gasteiger partial charge in [0, 0.05) is 37.1 Å². The second-order valence-corrected chi connectivity index (χ2v) is 10.4. The number of nitrogens with one attached hydrogen (secondary N) is 2. The maximum atomic E-state index is 14.7. The molecule has 35 heavy (non-hydrogen) atoms. The summed E-state index contributed by atoms with van der Waals surface area (Å²) in [5.74, 6) is -0.462. The van der Waals surface area contributed by atoms with E-state index in [1.165, 1.54) is 19.1 Å². The summed E-state index contributed by atoms with van der Waals surface area (Å²) in [5, 5.41) is 17.3. The smallest absolute Gasteiger partial charge is 0.221 e. The van der Waals surface area contributed by atoms with Crippen LogP contribution in [-0.2, 0) is 17.6 Å². The first-order valence-corrected chi connectivity index (χ1v) is 12.5. The normalized spacial score (nSPS) is 20.0. The summed E-state index contributed by atoms with van der Waals surface area (Å²) in [6.45, 7) is 5.69. The maximum absolute atomic E-state index is 14.7. The van der Waals surface area contributed by atoms with Gasteiger partial charge in [0.2, 0.25) is 17.7 Å². The number of aliphatic hydroxyl groups excluding tert-OH is 1.